The first kappa shape index (κ1) is 15.5. The molecule has 0 radical (unpaired) electrons. The molecular weight excluding hydrogens is 312 g/mol. The van der Waals surface area contributed by atoms with Crippen molar-refractivity contribution in [3.8, 4) is 0 Å². The van der Waals surface area contributed by atoms with Crippen molar-refractivity contribution < 1.29 is 4.79 Å². The maximum Gasteiger partial charge on any atom is 0.232 e. The van der Waals surface area contributed by atoms with Crippen molar-refractivity contribution >= 4 is 34.2 Å². The molecule has 3 rings (SSSR count). The third kappa shape index (κ3) is 3.19. The van der Waals surface area contributed by atoms with Crippen molar-refractivity contribution in [3.63, 3.8) is 0 Å². The first-order chi connectivity index (χ1) is 11.1. The van der Waals surface area contributed by atoms with E-state index in [1.54, 1.807) is 24.1 Å². The number of hydrogen-bond donors (Lipinski definition) is 0. The summed E-state index contributed by atoms with van der Waals surface area (Å²) in [6, 6.07) is 11.4. The SMILES string of the molecule is C[C@H](Cn1ncc2ccccc21)C(=O)N(C)c1ccc(Cl)cn1. The first-order valence-electron chi connectivity index (χ1n) is 7.36. The molecule has 1 aromatic carbocycles. The second-order valence-corrected chi connectivity index (χ2v) is 5.95. The van der Waals surface area contributed by atoms with E-state index in [4.69, 9.17) is 11.6 Å². The average molecular weight is 329 g/mol. The number of hydrogen-bond acceptors (Lipinski definition) is 3. The molecule has 0 aliphatic carbocycles. The van der Waals surface area contributed by atoms with Crippen molar-refractivity contribution in [2.75, 3.05) is 11.9 Å². The molecule has 0 bridgehead atoms. The van der Waals surface area contributed by atoms with Gasteiger partial charge in [0.05, 0.1) is 29.2 Å². The minimum Gasteiger partial charge on any atom is -0.300 e. The Kier molecular flexibility index (Phi) is 4.30. The number of nitrogens with zero attached hydrogens (tertiary/aromatic N) is 4. The van der Waals surface area contributed by atoms with Crippen LogP contribution in [0.4, 0.5) is 5.82 Å². The van der Waals surface area contributed by atoms with Gasteiger partial charge in [-0.2, -0.15) is 5.10 Å². The van der Waals surface area contributed by atoms with Crippen molar-refractivity contribution in [2.45, 2.75) is 13.5 Å². The third-order valence-corrected chi connectivity index (χ3v) is 4.03. The maximum atomic E-state index is 12.6. The summed E-state index contributed by atoms with van der Waals surface area (Å²) < 4.78 is 1.86. The van der Waals surface area contributed by atoms with E-state index in [2.05, 4.69) is 10.1 Å². The lowest BCUT2D eigenvalue weighted by atomic mass is 10.1. The Bertz CT molecular complexity index is 828. The number of rotatable bonds is 4. The Morgan fingerprint density at radius 2 is 2.04 bits per heavy atom. The van der Waals surface area contributed by atoms with Gasteiger partial charge in [0.1, 0.15) is 5.82 Å². The fourth-order valence-electron chi connectivity index (χ4n) is 2.52. The minimum absolute atomic E-state index is 0.0144. The number of carbonyl (C=O) groups excluding carboxylic acids is 1. The van der Waals surface area contributed by atoms with E-state index in [-0.39, 0.29) is 11.8 Å². The molecule has 1 amide bonds. The first-order valence-corrected chi connectivity index (χ1v) is 7.73. The smallest absolute Gasteiger partial charge is 0.232 e. The largest absolute Gasteiger partial charge is 0.300 e. The van der Waals surface area contributed by atoms with E-state index in [0.717, 1.165) is 10.9 Å². The van der Waals surface area contributed by atoms with Crippen LogP contribution in [0.1, 0.15) is 6.92 Å². The Labute approximate surface area is 139 Å². The van der Waals surface area contributed by atoms with Gasteiger partial charge in [0.2, 0.25) is 5.91 Å². The van der Waals surface area contributed by atoms with Gasteiger partial charge in [0, 0.05) is 18.6 Å². The van der Waals surface area contributed by atoms with E-state index in [0.29, 0.717) is 17.4 Å². The average Bonchev–Trinajstić information content (AvgIpc) is 2.97. The zero-order valence-electron chi connectivity index (χ0n) is 13.0. The molecule has 2 aromatic heterocycles. The summed E-state index contributed by atoms with van der Waals surface area (Å²) in [4.78, 5) is 18.3. The lowest BCUT2D eigenvalue weighted by molar-refractivity contribution is -0.122. The van der Waals surface area contributed by atoms with Crippen molar-refractivity contribution in [1.29, 1.82) is 0 Å². The molecule has 0 aliphatic heterocycles. The fraction of sp³-hybridized carbons (Fsp3) is 0.235. The second-order valence-electron chi connectivity index (χ2n) is 5.52. The van der Waals surface area contributed by atoms with Gasteiger partial charge in [-0.15, -0.1) is 0 Å². The number of aromatic nitrogens is 3. The van der Waals surface area contributed by atoms with Crippen LogP contribution >= 0.6 is 11.6 Å². The predicted octanol–water partition coefficient (Wildman–Crippen LogP) is 3.38. The molecule has 5 nitrogen and oxygen atoms in total. The minimum atomic E-state index is -0.221. The molecule has 0 unspecified atom stereocenters. The molecule has 0 saturated carbocycles. The van der Waals surface area contributed by atoms with E-state index in [1.165, 1.54) is 6.20 Å². The van der Waals surface area contributed by atoms with Crippen LogP contribution in [0.15, 0.2) is 48.8 Å². The molecule has 0 N–H and O–H groups in total. The van der Waals surface area contributed by atoms with Gasteiger partial charge in [-0.05, 0) is 18.2 Å². The number of benzene rings is 1. The number of amides is 1. The molecule has 3 aromatic rings. The van der Waals surface area contributed by atoms with Crippen LogP contribution in [0, 0.1) is 5.92 Å². The Balaban J connectivity index is 1.75. The van der Waals surface area contributed by atoms with Gasteiger partial charge in [-0.3, -0.25) is 14.4 Å². The molecule has 0 spiro atoms. The summed E-state index contributed by atoms with van der Waals surface area (Å²) in [6.07, 6.45) is 3.35. The molecular formula is C17H17ClN4O. The van der Waals surface area contributed by atoms with Crippen molar-refractivity contribution in [3.05, 3.63) is 53.8 Å². The summed E-state index contributed by atoms with van der Waals surface area (Å²) in [5.41, 5.74) is 1.03. The highest BCUT2D eigenvalue weighted by Crippen LogP contribution is 2.18. The third-order valence-electron chi connectivity index (χ3n) is 3.81. The fourth-order valence-corrected chi connectivity index (χ4v) is 2.63. The van der Waals surface area contributed by atoms with Gasteiger partial charge in [-0.1, -0.05) is 36.7 Å². The molecule has 1 atom stereocenters. The highest BCUT2D eigenvalue weighted by atomic mass is 35.5. The number of halogens is 1. The van der Waals surface area contributed by atoms with Gasteiger partial charge in [0.15, 0.2) is 0 Å². The van der Waals surface area contributed by atoms with E-state index in [1.807, 2.05) is 42.1 Å². The van der Waals surface area contributed by atoms with E-state index in [9.17, 15) is 4.79 Å². The van der Waals surface area contributed by atoms with Crippen molar-refractivity contribution in [2.24, 2.45) is 5.92 Å². The number of para-hydroxylation sites is 1. The molecule has 6 heteroatoms. The number of anilines is 1. The second kappa shape index (κ2) is 6.38. The van der Waals surface area contributed by atoms with Crippen molar-refractivity contribution in [1.82, 2.24) is 14.8 Å². The van der Waals surface area contributed by atoms with Gasteiger partial charge < -0.3 is 0 Å². The molecule has 0 saturated heterocycles. The Morgan fingerprint density at radius 1 is 1.26 bits per heavy atom. The zero-order valence-corrected chi connectivity index (χ0v) is 13.7. The number of fused-ring (bicyclic) bond motifs is 1. The van der Waals surface area contributed by atoms with Crippen LogP contribution in [0.25, 0.3) is 10.9 Å². The topological polar surface area (TPSA) is 51.0 Å². The van der Waals surface area contributed by atoms with Gasteiger partial charge >= 0.3 is 0 Å². The molecule has 118 valence electrons. The number of pyridine rings is 1. The van der Waals surface area contributed by atoms with Crippen LogP contribution < -0.4 is 4.90 Å². The summed E-state index contributed by atoms with van der Waals surface area (Å²) in [6.45, 7) is 2.41. The van der Waals surface area contributed by atoms with Crippen LogP contribution in [0.3, 0.4) is 0 Å². The molecule has 23 heavy (non-hydrogen) atoms. The number of carbonyl (C=O) groups is 1. The summed E-state index contributed by atoms with van der Waals surface area (Å²) >= 11 is 5.83. The standard InChI is InChI=1S/C17H17ClN4O/c1-12(11-22-15-6-4-3-5-13(15)9-20-22)17(23)21(2)16-8-7-14(18)10-19-16/h3-10,12H,11H2,1-2H3/t12-/m1/s1. The quantitative estimate of drug-likeness (QED) is 0.737. The monoisotopic (exact) mass is 328 g/mol. The zero-order chi connectivity index (χ0) is 16.4. The predicted molar refractivity (Wildman–Crippen MR) is 91.6 cm³/mol. The van der Waals surface area contributed by atoms with Gasteiger partial charge in [-0.25, -0.2) is 4.98 Å². The summed E-state index contributed by atoms with van der Waals surface area (Å²) in [7, 11) is 1.72. The van der Waals surface area contributed by atoms with E-state index < -0.39 is 0 Å². The van der Waals surface area contributed by atoms with Crippen LogP contribution in [0.2, 0.25) is 5.02 Å². The van der Waals surface area contributed by atoms with Crippen LogP contribution in [-0.2, 0) is 11.3 Å². The summed E-state index contributed by atoms with van der Waals surface area (Å²) in [5, 5.41) is 5.99. The van der Waals surface area contributed by atoms with E-state index >= 15 is 0 Å². The lowest BCUT2D eigenvalue weighted by Gasteiger charge is -2.20. The molecule has 0 fully saturated rings. The lowest BCUT2D eigenvalue weighted by Crippen LogP contribution is -2.34. The molecule has 2 heterocycles. The Hall–Kier alpha value is -2.40. The normalized spacial score (nSPS) is 12.3. The molecule has 0 aliphatic rings. The highest BCUT2D eigenvalue weighted by Gasteiger charge is 2.21. The summed E-state index contributed by atoms with van der Waals surface area (Å²) in [5.74, 6) is 0.344. The highest BCUT2D eigenvalue weighted by molar-refractivity contribution is 6.30. The Morgan fingerprint density at radius 3 is 2.78 bits per heavy atom. The van der Waals surface area contributed by atoms with Crippen LogP contribution in [-0.4, -0.2) is 27.7 Å². The van der Waals surface area contributed by atoms with Gasteiger partial charge in [0.25, 0.3) is 0 Å². The maximum absolute atomic E-state index is 12.6. The van der Waals surface area contributed by atoms with Crippen LogP contribution in [0.5, 0.6) is 0 Å².